The van der Waals surface area contributed by atoms with Gasteiger partial charge in [-0.25, -0.2) is 9.97 Å². The maximum absolute atomic E-state index is 5.95. The topological polar surface area (TPSA) is 63.8 Å². The van der Waals surface area contributed by atoms with Gasteiger partial charge >= 0.3 is 0 Å². The van der Waals surface area contributed by atoms with E-state index >= 15 is 0 Å². The smallest absolute Gasteiger partial charge is 0.135 e. The van der Waals surface area contributed by atoms with Gasteiger partial charge in [0.05, 0.1) is 0 Å². The van der Waals surface area contributed by atoms with Crippen LogP contribution >= 0.6 is 11.8 Å². The second-order valence-electron chi connectivity index (χ2n) is 4.80. The van der Waals surface area contributed by atoms with Crippen LogP contribution in [-0.2, 0) is 0 Å². The van der Waals surface area contributed by atoms with Crippen molar-refractivity contribution in [3.05, 3.63) is 11.4 Å². The number of anilines is 2. The lowest BCUT2D eigenvalue weighted by atomic mass is 10.2. The fourth-order valence-electron chi connectivity index (χ4n) is 1.61. The van der Waals surface area contributed by atoms with Gasteiger partial charge in [0.1, 0.15) is 17.5 Å². The zero-order valence-corrected chi connectivity index (χ0v) is 12.8. The van der Waals surface area contributed by atoms with Crippen molar-refractivity contribution < 1.29 is 0 Å². The fraction of sp³-hybridized carbons (Fsp3) is 0.692. The van der Waals surface area contributed by atoms with Crippen molar-refractivity contribution in [1.29, 1.82) is 0 Å². The number of nitrogens with two attached hydrogens (primary N) is 1. The first kappa shape index (κ1) is 15.1. The number of aromatic nitrogens is 2. The van der Waals surface area contributed by atoms with Gasteiger partial charge in [-0.05, 0) is 19.6 Å². The summed E-state index contributed by atoms with van der Waals surface area (Å²) in [5, 5.41) is 3.48. The summed E-state index contributed by atoms with van der Waals surface area (Å²) in [4.78, 5) is 8.92. The molecule has 0 aromatic carbocycles. The average Bonchev–Trinajstić information content (AvgIpc) is 2.33. The van der Waals surface area contributed by atoms with Gasteiger partial charge in [-0.1, -0.05) is 20.8 Å². The Bertz CT molecular complexity index is 393. The van der Waals surface area contributed by atoms with Crippen molar-refractivity contribution in [3.63, 3.8) is 0 Å². The van der Waals surface area contributed by atoms with Crippen molar-refractivity contribution in [2.75, 3.05) is 23.1 Å². The minimum absolute atomic E-state index is 0.286. The molecule has 18 heavy (non-hydrogen) atoms. The van der Waals surface area contributed by atoms with Gasteiger partial charge in [-0.15, -0.1) is 0 Å². The van der Waals surface area contributed by atoms with Crippen LogP contribution in [0.3, 0.4) is 0 Å². The van der Waals surface area contributed by atoms with Crippen molar-refractivity contribution in [3.8, 4) is 0 Å². The van der Waals surface area contributed by atoms with Gasteiger partial charge in [0.25, 0.3) is 0 Å². The third-order valence-electron chi connectivity index (χ3n) is 2.92. The summed E-state index contributed by atoms with van der Waals surface area (Å²) in [6.07, 6.45) is 3.19. The molecule has 4 nitrogen and oxygen atoms in total. The van der Waals surface area contributed by atoms with Crippen LogP contribution in [0.2, 0.25) is 0 Å². The zero-order valence-electron chi connectivity index (χ0n) is 11.9. The van der Waals surface area contributed by atoms with E-state index in [9.17, 15) is 0 Å². The molecule has 1 rings (SSSR count). The first-order chi connectivity index (χ1) is 8.49. The molecule has 1 aromatic rings. The Hall–Kier alpha value is -0.970. The van der Waals surface area contributed by atoms with E-state index in [-0.39, 0.29) is 5.92 Å². The Morgan fingerprint density at radius 3 is 2.50 bits per heavy atom. The normalized spacial score (nSPS) is 12.8. The SMILES string of the molecule is CCC(CSC)Nc1nc(C(C)C)nc(N)c1C. The number of rotatable bonds is 6. The predicted molar refractivity (Wildman–Crippen MR) is 81.4 cm³/mol. The third kappa shape index (κ3) is 3.77. The van der Waals surface area contributed by atoms with E-state index in [1.54, 1.807) is 0 Å². The van der Waals surface area contributed by atoms with E-state index in [1.165, 1.54) is 0 Å². The highest BCUT2D eigenvalue weighted by atomic mass is 32.2. The van der Waals surface area contributed by atoms with Crippen molar-refractivity contribution in [2.24, 2.45) is 0 Å². The van der Waals surface area contributed by atoms with Crippen molar-refractivity contribution in [2.45, 2.75) is 46.1 Å². The van der Waals surface area contributed by atoms with Gasteiger partial charge in [-0.3, -0.25) is 0 Å². The van der Waals surface area contributed by atoms with Gasteiger partial charge in [0.15, 0.2) is 0 Å². The van der Waals surface area contributed by atoms with E-state index in [0.29, 0.717) is 11.9 Å². The molecule has 102 valence electrons. The Morgan fingerprint density at radius 1 is 1.33 bits per heavy atom. The molecule has 1 aromatic heterocycles. The maximum atomic E-state index is 5.95. The van der Waals surface area contributed by atoms with Crippen LogP contribution in [-0.4, -0.2) is 28.0 Å². The molecule has 0 saturated heterocycles. The van der Waals surface area contributed by atoms with Crippen LogP contribution in [0.1, 0.15) is 44.5 Å². The van der Waals surface area contributed by atoms with E-state index < -0.39 is 0 Å². The molecule has 0 aliphatic rings. The number of hydrogen-bond donors (Lipinski definition) is 2. The van der Waals surface area contributed by atoms with E-state index in [1.807, 2.05) is 18.7 Å². The number of thioether (sulfide) groups is 1. The number of hydrogen-bond acceptors (Lipinski definition) is 5. The highest BCUT2D eigenvalue weighted by Crippen LogP contribution is 2.22. The lowest BCUT2D eigenvalue weighted by molar-refractivity contribution is 0.746. The van der Waals surface area contributed by atoms with Gasteiger partial charge in [0.2, 0.25) is 0 Å². The largest absolute Gasteiger partial charge is 0.383 e. The first-order valence-corrected chi connectivity index (χ1v) is 7.78. The molecule has 0 amide bonds. The summed E-state index contributed by atoms with van der Waals surface area (Å²) in [6, 6.07) is 0.424. The Labute approximate surface area is 114 Å². The van der Waals surface area contributed by atoms with E-state index in [2.05, 4.69) is 42.3 Å². The molecular weight excluding hydrogens is 244 g/mol. The van der Waals surface area contributed by atoms with Crippen molar-refractivity contribution >= 4 is 23.4 Å². The van der Waals surface area contributed by atoms with Crippen LogP contribution in [0, 0.1) is 6.92 Å². The summed E-state index contributed by atoms with van der Waals surface area (Å²) in [7, 11) is 0. The molecule has 0 radical (unpaired) electrons. The highest BCUT2D eigenvalue weighted by Gasteiger charge is 2.14. The lowest BCUT2D eigenvalue weighted by Crippen LogP contribution is -2.23. The number of nitrogen functional groups attached to an aromatic ring is 1. The second-order valence-corrected chi connectivity index (χ2v) is 5.71. The number of nitrogens with zero attached hydrogens (tertiary/aromatic N) is 2. The molecule has 0 fully saturated rings. The molecule has 0 aliphatic carbocycles. The first-order valence-electron chi connectivity index (χ1n) is 6.39. The highest BCUT2D eigenvalue weighted by molar-refractivity contribution is 7.98. The van der Waals surface area contributed by atoms with Crippen LogP contribution in [0.5, 0.6) is 0 Å². The minimum Gasteiger partial charge on any atom is -0.383 e. The van der Waals surface area contributed by atoms with Gasteiger partial charge in [-0.2, -0.15) is 11.8 Å². The Balaban J connectivity index is 2.99. The van der Waals surface area contributed by atoms with Crippen LogP contribution in [0.15, 0.2) is 0 Å². The standard InChI is InChI=1S/C13H24N4S/c1-6-10(7-18-5)15-13-9(4)11(14)16-12(17-13)8(2)3/h8,10H,6-7H2,1-5H3,(H3,14,15,16,17). The summed E-state index contributed by atoms with van der Waals surface area (Å²) in [6.45, 7) is 8.30. The lowest BCUT2D eigenvalue weighted by Gasteiger charge is -2.19. The fourth-order valence-corrected chi connectivity index (χ4v) is 2.33. The molecule has 5 heteroatoms. The molecule has 0 aliphatic heterocycles. The van der Waals surface area contributed by atoms with Crippen molar-refractivity contribution in [1.82, 2.24) is 9.97 Å². The quantitative estimate of drug-likeness (QED) is 0.830. The molecule has 0 bridgehead atoms. The summed E-state index contributed by atoms with van der Waals surface area (Å²) >= 11 is 1.84. The Kier molecular flexibility index (Phi) is 5.72. The molecule has 0 saturated carbocycles. The summed E-state index contributed by atoms with van der Waals surface area (Å²) < 4.78 is 0. The molecule has 1 heterocycles. The van der Waals surface area contributed by atoms with Crippen LogP contribution in [0.4, 0.5) is 11.6 Å². The predicted octanol–water partition coefficient (Wildman–Crippen LogP) is 3.04. The van der Waals surface area contributed by atoms with Crippen LogP contribution < -0.4 is 11.1 Å². The van der Waals surface area contributed by atoms with E-state index in [0.717, 1.165) is 29.4 Å². The van der Waals surface area contributed by atoms with Crippen LogP contribution in [0.25, 0.3) is 0 Å². The minimum atomic E-state index is 0.286. The Morgan fingerprint density at radius 2 is 2.00 bits per heavy atom. The zero-order chi connectivity index (χ0) is 13.7. The molecule has 3 N–H and O–H groups in total. The van der Waals surface area contributed by atoms with Gasteiger partial charge in [0, 0.05) is 23.3 Å². The summed E-state index contributed by atoms with van der Waals surface area (Å²) in [5.41, 5.74) is 6.90. The second kappa shape index (κ2) is 6.83. The molecular formula is C13H24N4S. The monoisotopic (exact) mass is 268 g/mol. The molecule has 1 unspecified atom stereocenters. The third-order valence-corrected chi connectivity index (χ3v) is 3.65. The maximum Gasteiger partial charge on any atom is 0.135 e. The summed E-state index contributed by atoms with van der Waals surface area (Å²) in [5.74, 6) is 3.62. The molecule has 1 atom stereocenters. The average molecular weight is 268 g/mol. The van der Waals surface area contributed by atoms with E-state index in [4.69, 9.17) is 5.73 Å². The number of nitrogens with one attached hydrogen (secondary N) is 1. The molecule has 0 spiro atoms. The van der Waals surface area contributed by atoms with Gasteiger partial charge < -0.3 is 11.1 Å².